The number of hydrogen-bond acceptors (Lipinski definition) is 5. The molecule has 0 aromatic heterocycles. The van der Waals surface area contributed by atoms with Crippen LogP contribution < -0.4 is 5.73 Å². The molecule has 0 amide bonds. The van der Waals surface area contributed by atoms with E-state index in [2.05, 4.69) is 15.9 Å². The number of nitrogen functional groups attached to an aromatic ring is 1. The first-order valence-corrected chi connectivity index (χ1v) is 5.17. The molecule has 16 heavy (non-hydrogen) atoms. The minimum absolute atomic E-state index is 0.00301. The van der Waals surface area contributed by atoms with E-state index in [4.69, 9.17) is 10.5 Å². The molecule has 2 N–H and O–H groups in total. The Balaban J connectivity index is 3.24. The van der Waals surface area contributed by atoms with Crippen LogP contribution in [-0.2, 0) is 4.74 Å². The number of hydrogen-bond donors (Lipinski definition) is 1. The van der Waals surface area contributed by atoms with Gasteiger partial charge in [0.15, 0.2) is 0 Å². The lowest BCUT2D eigenvalue weighted by atomic mass is 10.1. The molecule has 0 radical (unpaired) electrons. The molecule has 7 heteroatoms. The maximum absolute atomic E-state index is 11.4. The third-order valence-electron chi connectivity index (χ3n) is 1.81. The molecule has 1 rings (SSSR count). The van der Waals surface area contributed by atoms with Gasteiger partial charge in [0.2, 0.25) is 0 Å². The number of benzene rings is 1. The summed E-state index contributed by atoms with van der Waals surface area (Å²) in [6, 6.07) is 2.40. The van der Waals surface area contributed by atoms with E-state index in [1.54, 1.807) is 6.92 Å². The fraction of sp³-hybridized carbons (Fsp3) is 0.222. The number of nitro benzene ring substituents is 1. The molecule has 0 heterocycles. The first-order chi connectivity index (χ1) is 7.47. The fourth-order valence-electron chi connectivity index (χ4n) is 1.10. The molecule has 0 spiro atoms. The molecule has 6 nitrogen and oxygen atoms in total. The summed E-state index contributed by atoms with van der Waals surface area (Å²) in [5, 5.41) is 10.6. The molecule has 0 bridgehead atoms. The molecule has 0 atom stereocenters. The van der Waals surface area contributed by atoms with E-state index in [1.165, 1.54) is 6.07 Å². The Kier molecular flexibility index (Phi) is 3.83. The summed E-state index contributed by atoms with van der Waals surface area (Å²) < 4.78 is 4.95. The van der Waals surface area contributed by atoms with Gasteiger partial charge in [0.05, 0.1) is 21.6 Å². The number of esters is 1. The van der Waals surface area contributed by atoms with E-state index in [-0.39, 0.29) is 28.0 Å². The van der Waals surface area contributed by atoms with Gasteiger partial charge < -0.3 is 10.5 Å². The second-order valence-corrected chi connectivity index (χ2v) is 3.72. The Morgan fingerprint density at radius 1 is 1.62 bits per heavy atom. The van der Waals surface area contributed by atoms with Crippen LogP contribution in [0.5, 0.6) is 0 Å². The highest BCUT2D eigenvalue weighted by Gasteiger charge is 2.19. The molecule has 0 aliphatic carbocycles. The van der Waals surface area contributed by atoms with Gasteiger partial charge >= 0.3 is 5.97 Å². The average Bonchev–Trinajstić information content (AvgIpc) is 2.17. The van der Waals surface area contributed by atoms with Crippen molar-refractivity contribution >= 4 is 33.3 Å². The number of carbonyl (C=O) groups is 1. The molecule has 0 fully saturated rings. The summed E-state index contributed by atoms with van der Waals surface area (Å²) in [6.07, 6.45) is 0. The number of nitrogens with two attached hydrogens (primary N) is 1. The smallest absolute Gasteiger partial charge is 0.340 e. The van der Waals surface area contributed by atoms with Gasteiger partial charge in [-0.05, 0) is 28.9 Å². The van der Waals surface area contributed by atoms with Gasteiger partial charge in [0.1, 0.15) is 0 Å². The van der Waals surface area contributed by atoms with Gasteiger partial charge in [0, 0.05) is 11.8 Å². The summed E-state index contributed by atoms with van der Waals surface area (Å²) in [7, 11) is 0. The van der Waals surface area contributed by atoms with Crippen molar-refractivity contribution in [2.45, 2.75) is 6.92 Å². The first kappa shape index (κ1) is 12.4. The second kappa shape index (κ2) is 4.93. The van der Waals surface area contributed by atoms with E-state index in [0.717, 1.165) is 6.07 Å². The van der Waals surface area contributed by atoms with E-state index in [9.17, 15) is 14.9 Å². The van der Waals surface area contributed by atoms with Crippen molar-refractivity contribution in [2.24, 2.45) is 0 Å². The maximum atomic E-state index is 11.4. The summed E-state index contributed by atoms with van der Waals surface area (Å²) >= 11 is 3.00. The zero-order valence-electron chi connectivity index (χ0n) is 8.40. The predicted octanol–water partition coefficient (Wildman–Crippen LogP) is 2.12. The Morgan fingerprint density at radius 3 is 2.75 bits per heavy atom. The molecule has 0 saturated carbocycles. The zero-order chi connectivity index (χ0) is 12.3. The molecular formula is C9H9BrN2O4. The number of nitrogens with zero attached hydrogens (tertiary/aromatic N) is 1. The summed E-state index contributed by atoms with van der Waals surface area (Å²) in [4.78, 5) is 21.5. The lowest BCUT2D eigenvalue weighted by Crippen LogP contribution is -2.08. The molecule has 0 unspecified atom stereocenters. The summed E-state index contributed by atoms with van der Waals surface area (Å²) in [5.41, 5.74) is 5.48. The summed E-state index contributed by atoms with van der Waals surface area (Å²) in [5.74, 6) is -0.671. The lowest BCUT2D eigenvalue weighted by Gasteiger charge is -2.05. The minimum atomic E-state index is -0.671. The second-order valence-electron chi connectivity index (χ2n) is 2.87. The highest BCUT2D eigenvalue weighted by molar-refractivity contribution is 9.10. The van der Waals surface area contributed by atoms with E-state index < -0.39 is 10.9 Å². The maximum Gasteiger partial charge on any atom is 0.340 e. The highest BCUT2D eigenvalue weighted by atomic mass is 79.9. The minimum Gasteiger partial charge on any atom is -0.462 e. The molecule has 86 valence electrons. The number of nitro groups is 1. The van der Waals surface area contributed by atoms with Crippen LogP contribution in [0.4, 0.5) is 11.4 Å². The first-order valence-electron chi connectivity index (χ1n) is 4.38. The molecule has 0 saturated heterocycles. The van der Waals surface area contributed by atoms with Crippen molar-refractivity contribution in [1.82, 2.24) is 0 Å². The molecule has 1 aromatic rings. The van der Waals surface area contributed by atoms with Gasteiger partial charge in [-0.1, -0.05) is 0 Å². The molecule has 1 aromatic carbocycles. The van der Waals surface area contributed by atoms with Gasteiger partial charge in [0.25, 0.3) is 5.69 Å². The number of anilines is 1. The Hall–Kier alpha value is -1.63. The Bertz CT molecular complexity index is 447. The third-order valence-corrected chi connectivity index (χ3v) is 2.45. The van der Waals surface area contributed by atoms with Crippen molar-refractivity contribution in [3.8, 4) is 0 Å². The van der Waals surface area contributed by atoms with Crippen LogP contribution in [0.1, 0.15) is 17.3 Å². The van der Waals surface area contributed by atoms with Crippen LogP contribution in [0.2, 0.25) is 0 Å². The SMILES string of the molecule is CCOC(=O)c1cc([N+](=O)[O-])c(Br)cc1N. The topological polar surface area (TPSA) is 95.5 Å². The normalized spacial score (nSPS) is 9.88. The fourth-order valence-corrected chi connectivity index (χ4v) is 1.61. The molecule has 0 aliphatic heterocycles. The van der Waals surface area contributed by atoms with E-state index in [0.29, 0.717) is 0 Å². The standard InChI is InChI=1S/C9H9BrN2O4/c1-2-16-9(13)5-3-8(12(14)15)6(10)4-7(5)11/h3-4H,2,11H2,1H3. The van der Waals surface area contributed by atoms with Crippen molar-refractivity contribution < 1.29 is 14.5 Å². The van der Waals surface area contributed by atoms with Gasteiger partial charge in [-0.15, -0.1) is 0 Å². The average molecular weight is 289 g/mol. The van der Waals surface area contributed by atoms with Gasteiger partial charge in [-0.2, -0.15) is 0 Å². The van der Waals surface area contributed by atoms with Crippen LogP contribution in [0.3, 0.4) is 0 Å². The molecular weight excluding hydrogens is 280 g/mol. The monoisotopic (exact) mass is 288 g/mol. The summed E-state index contributed by atoms with van der Waals surface area (Å²) in [6.45, 7) is 1.82. The van der Waals surface area contributed by atoms with Gasteiger partial charge in [-0.3, -0.25) is 10.1 Å². The zero-order valence-corrected chi connectivity index (χ0v) is 9.98. The van der Waals surface area contributed by atoms with Crippen molar-refractivity contribution in [3.05, 3.63) is 32.3 Å². The van der Waals surface area contributed by atoms with Crippen LogP contribution >= 0.6 is 15.9 Å². The van der Waals surface area contributed by atoms with E-state index in [1.807, 2.05) is 0 Å². The Labute approximate surface area is 99.7 Å². The third kappa shape index (κ3) is 2.48. The number of ether oxygens (including phenoxy) is 1. The van der Waals surface area contributed by atoms with Crippen LogP contribution in [-0.4, -0.2) is 17.5 Å². The quantitative estimate of drug-likeness (QED) is 0.398. The number of carbonyl (C=O) groups excluding carboxylic acids is 1. The largest absolute Gasteiger partial charge is 0.462 e. The van der Waals surface area contributed by atoms with Crippen LogP contribution in [0.15, 0.2) is 16.6 Å². The van der Waals surface area contributed by atoms with Crippen LogP contribution in [0.25, 0.3) is 0 Å². The van der Waals surface area contributed by atoms with Crippen molar-refractivity contribution in [3.63, 3.8) is 0 Å². The van der Waals surface area contributed by atoms with E-state index >= 15 is 0 Å². The van der Waals surface area contributed by atoms with Crippen LogP contribution in [0, 0.1) is 10.1 Å². The predicted molar refractivity (Wildman–Crippen MR) is 61.2 cm³/mol. The van der Waals surface area contributed by atoms with Crippen molar-refractivity contribution in [1.29, 1.82) is 0 Å². The van der Waals surface area contributed by atoms with Crippen molar-refractivity contribution in [2.75, 3.05) is 12.3 Å². The van der Waals surface area contributed by atoms with Gasteiger partial charge in [-0.25, -0.2) is 4.79 Å². The number of rotatable bonds is 3. The number of halogens is 1. The molecule has 0 aliphatic rings. The lowest BCUT2D eigenvalue weighted by molar-refractivity contribution is -0.385. The highest BCUT2D eigenvalue weighted by Crippen LogP contribution is 2.30. The Morgan fingerprint density at radius 2 is 2.25 bits per heavy atom.